The van der Waals surface area contributed by atoms with Gasteiger partial charge < -0.3 is 30.5 Å². The van der Waals surface area contributed by atoms with Crippen molar-refractivity contribution in [3.8, 4) is 0 Å². The summed E-state index contributed by atoms with van der Waals surface area (Å²) in [5, 5.41) is 57.1. The topological polar surface area (TPSA) is 171 Å². The first-order valence-electron chi connectivity index (χ1n) is 15.1. The van der Waals surface area contributed by atoms with Gasteiger partial charge in [0.25, 0.3) is 10.1 Å². The minimum absolute atomic E-state index is 0. The summed E-state index contributed by atoms with van der Waals surface area (Å²) in [5.41, 5.74) is -1.93. The molecular formula is C30H50NNaO8S. The van der Waals surface area contributed by atoms with Gasteiger partial charge in [0, 0.05) is 11.8 Å². The number of nitrogens with zero attached hydrogens (tertiary/aromatic N) is 1. The molecule has 0 amide bonds. The van der Waals surface area contributed by atoms with E-state index in [1.54, 1.807) is 6.92 Å². The van der Waals surface area contributed by atoms with Crippen LogP contribution in [0, 0.1) is 52.3 Å². The molecule has 0 heterocycles. The Morgan fingerprint density at radius 2 is 1.73 bits per heavy atom. The molecule has 0 saturated heterocycles. The van der Waals surface area contributed by atoms with Crippen molar-refractivity contribution in [1.29, 1.82) is 0 Å². The van der Waals surface area contributed by atoms with Crippen molar-refractivity contribution in [2.24, 2.45) is 57.2 Å². The van der Waals surface area contributed by atoms with Crippen molar-refractivity contribution < 1.29 is 68.1 Å². The minimum atomic E-state index is -4.16. The third-order valence-corrected chi connectivity index (χ3v) is 12.7. The van der Waals surface area contributed by atoms with E-state index in [1.165, 1.54) is 0 Å². The average Bonchev–Trinajstić information content (AvgIpc) is 3.13. The Morgan fingerprint density at radius 3 is 2.37 bits per heavy atom. The van der Waals surface area contributed by atoms with Crippen LogP contribution >= 0.6 is 0 Å². The van der Waals surface area contributed by atoms with Gasteiger partial charge in [-0.2, -0.15) is 8.42 Å². The first kappa shape index (κ1) is 35.4. The molecule has 41 heavy (non-hydrogen) atoms. The summed E-state index contributed by atoms with van der Waals surface area (Å²) >= 11 is 0. The second kappa shape index (κ2) is 12.8. The minimum Gasteiger partial charge on any atom is -0.862 e. The van der Waals surface area contributed by atoms with E-state index in [0.717, 1.165) is 12.8 Å². The molecule has 5 N–H and O–H groups in total. The van der Waals surface area contributed by atoms with Crippen LogP contribution in [0.15, 0.2) is 17.1 Å². The Bertz CT molecular complexity index is 1100. The van der Waals surface area contributed by atoms with Gasteiger partial charge >= 0.3 is 29.6 Å². The molecule has 230 valence electrons. The second-order valence-electron chi connectivity index (χ2n) is 14.1. The van der Waals surface area contributed by atoms with Crippen molar-refractivity contribution >= 4 is 16.0 Å². The normalized spacial score (nSPS) is 45.2. The van der Waals surface area contributed by atoms with Crippen LogP contribution in [-0.2, 0) is 10.1 Å². The van der Waals surface area contributed by atoms with Gasteiger partial charge in [-0.3, -0.25) is 4.55 Å². The van der Waals surface area contributed by atoms with E-state index in [2.05, 4.69) is 31.8 Å². The maximum atomic E-state index is 12.4. The largest absolute Gasteiger partial charge is 1.00 e. The van der Waals surface area contributed by atoms with E-state index >= 15 is 0 Å². The van der Waals surface area contributed by atoms with Crippen LogP contribution in [0.3, 0.4) is 0 Å². The molecule has 11 heteroatoms. The summed E-state index contributed by atoms with van der Waals surface area (Å²) in [4.78, 5) is 3.80. The predicted octanol–water partition coefficient (Wildman–Crippen LogP) is -0.822. The molecule has 0 radical (unpaired) electrons. The van der Waals surface area contributed by atoms with Crippen molar-refractivity contribution in [3.63, 3.8) is 0 Å². The molecule has 0 aromatic carbocycles. The molecule has 0 bridgehead atoms. The van der Waals surface area contributed by atoms with Gasteiger partial charge in [-0.05, 0) is 91.3 Å². The molecule has 4 rings (SSSR count). The molecule has 0 aromatic rings. The van der Waals surface area contributed by atoms with Gasteiger partial charge in [-0.25, -0.2) is 0 Å². The summed E-state index contributed by atoms with van der Waals surface area (Å²) in [6.07, 6.45) is 6.57. The van der Waals surface area contributed by atoms with Crippen LogP contribution in [0.1, 0.15) is 79.6 Å². The SMILES string of the molecule is C[C@H](/C=C/[C@H](C)[C@H]1C[C@@H](O)C2C3CC(O)C4(O)CC(O)CCC4(C)C3CCC21C)[C@H](C)C([O-])=NCCS(=O)(=O)O.[Na+]. The number of aliphatic hydroxyl groups is 4. The summed E-state index contributed by atoms with van der Waals surface area (Å²) in [5.74, 6) is -0.847. The number of fused-ring (bicyclic) bond motifs is 5. The first-order chi connectivity index (χ1) is 18.4. The fourth-order valence-electron chi connectivity index (χ4n) is 9.48. The fourth-order valence-corrected chi connectivity index (χ4v) is 9.80. The molecule has 0 aliphatic heterocycles. The van der Waals surface area contributed by atoms with Crippen LogP contribution in [0.2, 0.25) is 0 Å². The van der Waals surface area contributed by atoms with Gasteiger partial charge in [0.15, 0.2) is 0 Å². The molecule has 0 aromatic heterocycles. The summed E-state index contributed by atoms with van der Waals surface area (Å²) < 4.78 is 30.6. The monoisotopic (exact) mass is 607 g/mol. The number of aliphatic imine (C=N–C) groups is 1. The smallest absolute Gasteiger partial charge is 0.862 e. The molecule has 4 saturated carbocycles. The van der Waals surface area contributed by atoms with E-state index in [0.29, 0.717) is 25.7 Å². The van der Waals surface area contributed by atoms with Gasteiger partial charge in [-0.1, -0.05) is 46.8 Å². The van der Waals surface area contributed by atoms with Crippen molar-refractivity contribution in [2.45, 2.75) is 103 Å². The molecule has 4 aliphatic rings. The number of hydrogen-bond donors (Lipinski definition) is 5. The van der Waals surface area contributed by atoms with E-state index in [1.807, 2.05) is 13.0 Å². The Morgan fingerprint density at radius 1 is 1.07 bits per heavy atom. The Labute approximate surface area is 268 Å². The van der Waals surface area contributed by atoms with E-state index in [-0.39, 0.29) is 83.4 Å². The zero-order chi connectivity index (χ0) is 29.8. The Kier molecular flexibility index (Phi) is 11.0. The molecule has 0 spiro atoms. The summed E-state index contributed by atoms with van der Waals surface area (Å²) in [7, 11) is -4.16. The summed E-state index contributed by atoms with van der Waals surface area (Å²) in [6, 6.07) is 0. The van der Waals surface area contributed by atoms with Crippen molar-refractivity contribution in [3.05, 3.63) is 12.2 Å². The van der Waals surface area contributed by atoms with Crippen molar-refractivity contribution in [2.75, 3.05) is 12.3 Å². The number of aliphatic hydroxyl groups excluding tert-OH is 3. The maximum Gasteiger partial charge on any atom is 1.00 e. The predicted molar refractivity (Wildman–Crippen MR) is 151 cm³/mol. The van der Waals surface area contributed by atoms with Gasteiger partial charge in [0.1, 0.15) is 0 Å². The van der Waals surface area contributed by atoms with Crippen LogP contribution in [0.5, 0.6) is 0 Å². The molecule has 4 fully saturated rings. The standard InChI is InChI=1S/C30H51NO8S.Na/c1-17(19(3)27(35)31-12-13-40(37,38)39)6-7-18(2)23-15-24(33)26-21-14-25(34)30(36)16-20(32)8-11-29(30,5)22(21)9-10-28(23,26)4;/h6-7,17-26,32-34,36H,8-16H2,1-5H3,(H,31,35)(H,37,38,39);/q;+1/p-1/b7-6+;/t17-,18+,19+,20?,21?,22?,23-,24-,25?,26?,28?,29?,30?;/m1./s1. The molecule has 8 unspecified atom stereocenters. The second-order valence-corrected chi connectivity index (χ2v) is 15.7. The van der Waals surface area contributed by atoms with Gasteiger partial charge in [-0.15, -0.1) is 0 Å². The summed E-state index contributed by atoms with van der Waals surface area (Å²) in [6.45, 7) is 9.95. The van der Waals surface area contributed by atoms with Crippen LogP contribution in [0.25, 0.3) is 0 Å². The zero-order valence-electron chi connectivity index (χ0n) is 25.6. The number of allylic oxidation sites excluding steroid dienone is 2. The first-order valence-corrected chi connectivity index (χ1v) is 16.7. The third-order valence-electron chi connectivity index (χ3n) is 12.0. The molecular weight excluding hydrogens is 557 g/mol. The number of hydrogen-bond acceptors (Lipinski definition) is 8. The number of rotatable bonds is 8. The molecule has 9 nitrogen and oxygen atoms in total. The molecule has 13 atom stereocenters. The maximum absolute atomic E-state index is 12.4. The van der Waals surface area contributed by atoms with E-state index in [4.69, 9.17) is 4.55 Å². The zero-order valence-corrected chi connectivity index (χ0v) is 28.4. The Hall–Kier alpha value is -0.0400. The van der Waals surface area contributed by atoms with Gasteiger partial charge in [0.05, 0.1) is 36.2 Å². The fraction of sp³-hybridized carbons (Fsp3) is 0.900. The van der Waals surface area contributed by atoms with Gasteiger partial charge in [0.2, 0.25) is 0 Å². The molecule has 4 aliphatic carbocycles. The average molecular weight is 608 g/mol. The van der Waals surface area contributed by atoms with E-state index < -0.39 is 57.0 Å². The quantitative estimate of drug-likeness (QED) is 0.0783. The van der Waals surface area contributed by atoms with Crippen LogP contribution < -0.4 is 34.7 Å². The van der Waals surface area contributed by atoms with Crippen LogP contribution in [0.4, 0.5) is 0 Å². The van der Waals surface area contributed by atoms with Crippen molar-refractivity contribution in [1.82, 2.24) is 0 Å². The Balaban J connectivity index is 0.00000462. The van der Waals surface area contributed by atoms with E-state index in [9.17, 15) is 34.0 Å². The van der Waals surface area contributed by atoms with Crippen LogP contribution in [-0.4, -0.2) is 75.5 Å². The third kappa shape index (κ3) is 6.52.